The third-order valence-corrected chi connectivity index (χ3v) is 5.29. The van der Waals surface area contributed by atoms with E-state index in [0.29, 0.717) is 6.04 Å². The first-order valence-electron chi connectivity index (χ1n) is 10.6. The molecule has 2 aromatic rings. The van der Waals surface area contributed by atoms with Gasteiger partial charge >= 0.3 is 0 Å². The lowest BCUT2D eigenvalue weighted by atomic mass is 10.0. The molecule has 1 aliphatic carbocycles. The van der Waals surface area contributed by atoms with Crippen molar-refractivity contribution in [1.29, 1.82) is 0 Å². The lowest BCUT2D eigenvalue weighted by molar-refractivity contribution is -0.124. The average molecular weight is 419 g/mol. The van der Waals surface area contributed by atoms with Crippen molar-refractivity contribution >= 4 is 29.1 Å². The molecule has 1 saturated carbocycles. The van der Waals surface area contributed by atoms with Crippen molar-refractivity contribution in [3.05, 3.63) is 42.0 Å². The van der Waals surface area contributed by atoms with Crippen LogP contribution in [0.4, 0.5) is 0 Å². The minimum Gasteiger partial charge on any atom is -0.483 e. The zero-order chi connectivity index (χ0) is 20.0. The smallest absolute Gasteiger partial charge is 0.258 e. The molecule has 3 rings (SSSR count). The van der Waals surface area contributed by atoms with Crippen molar-refractivity contribution < 1.29 is 9.53 Å². The first-order chi connectivity index (χ1) is 13.4. The minimum atomic E-state index is -0.256. The molecular weight excluding hydrogens is 384 g/mol. The lowest BCUT2D eigenvalue weighted by Gasteiger charge is -2.22. The van der Waals surface area contributed by atoms with Gasteiger partial charge in [-0.2, -0.15) is 0 Å². The number of hydrogen-bond acceptors (Lipinski definition) is 3. The Bertz CT molecular complexity index is 793. The fraction of sp³-hybridized carbons (Fsp3) is 0.542. The van der Waals surface area contributed by atoms with Crippen LogP contribution in [0.25, 0.3) is 10.8 Å². The Morgan fingerprint density at radius 3 is 2.41 bits per heavy atom. The van der Waals surface area contributed by atoms with Gasteiger partial charge in [-0.1, -0.05) is 56.0 Å². The van der Waals surface area contributed by atoms with Crippen LogP contribution in [0.15, 0.2) is 36.4 Å². The molecule has 2 aromatic carbocycles. The second kappa shape index (κ2) is 10.8. The van der Waals surface area contributed by atoms with E-state index < -0.39 is 0 Å². The Kier molecular flexibility index (Phi) is 8.79. The van der Waals surface area contributed by atoms with Crippen LogP contribution < -0.4 is 15.4 Å². The molecule has 0 radical (unpaired) electrons. The molecule has 0 saturated heterocycles. The van der Waals surface area contributed by atoms with Crippen LogP contribution in [0.2, 0.25) is 0 Å². The Morgan fingerprint density at radius 2 is 1.72 bits per heavy atom. The maximum Gasteiger partial charge on any atom is 0.258 e. The summed E-state index contributed by atoms with van der Waals surface area (Å²) in [5.41, 5.74) is 0.888. The van der Waals surface area contributed by atoms with E-state index in [4.69, 9.17) is 4.74 Å². The molecule has 0 spiro atoms. The number of rotatable bonds is 6. The lowest BCUT2D eigenvalue weighted by Crippen LogP contribution is -2.43. The van der Waals surface area contributed by atoms with Gasteiger partial charge in [-0.15, -0.1) is 12.4 Å². The Balaban J connectivity index is 0.00000300. The van der Waals surface area contributed by atoms with E-state index in [2.05, 4.69) is 41.0 Å². The van der Waals surface area contributed by atoms with Crippen LogP contribution in [0.5, 0.6) is 5.75 Å². The minimum absolute atomic E-state index is 0. The molecule has 29 heavy (non-hydrogen) atoms. The van der Waals surface area contributed by atoms with Crippen molar-refractivity contribution in [1.82, 2.24) is 10.6 Å². The predicted octanol–water partition coefficient (Wildman–Crippen LogP) is 5.37. The van der Waals surface area contributed by atoms with Gasteiger partial charge in [0, 0.05) is 23.7 Å². The van der Waals surface area contributed by atoms with Gasteiger partial charge in [0.15, 0.2) is 6.61 Å². The summed E-state index contributed by atoms with van der Waals surface area (Å²) in [5, 5.41) is 9.11. The van der Waals surface area contributed by atoms with E-state index in [1.165, 1.54) is 49.3 Å². The van der Waals surface area contributed by atoms with E-state index >= 15 is 0 Å². The number of carbonyl (C=O) groups is 1. The van der Waals surface area contributed by atoms with Gasteiger partial charge in [0.2, 0.25) is 0 Å². The van der Waals surface area contributed by atoms with Crippen molar-refractivity contribution in [3.8, 4) is 5.75 Å². The molecule has 0 atom stereocenters. The first-order valence-corrected chi connectivity index (χ1v) is 10.6. The monoisotopic (exact) mass is 418 g/mol. The summed E-state index contributed by atoms with van der Waals surface area (Å²) in [7, 11) is 0. The second-order valence-corrected chi connectivity index (χ2v) is 8.92. The third-order valence-electron chi connectivity index (χ3n) is 5.29. The Labute approximate surface area is 181 Å². The number of carbonyl (C=O) groups excluding carboxylic acids is 1. The largest absolute Gasteiger partial charge is 0.483 e. The number of fused-ring (bicyclic) bond motifs is 1. The highest BCUT2D eigenvalue weighted by Crippen LogP contribution is 2.29. The van der Waals surface area contributed by atoms with Crippen LogP contribution in [-0.4, -0.2) is 24.1 Å². The van der Waals surface area contributed by atoms with E-state index in [-0.39, 0.29) is 30.5 Å². The number of benzene rings is 2. The highest BCUT2D eigenvalue weighted by Gasteiger charge is 2.17. The van der Waals surface area contributed by atoms with Crippen molar-refractivity contribution in [2.75, 3.05) is 6.61 Å². The predicted molar refractivity (Wildman–Crippen MR) is 123 cm³/mol. The molecular formula is C24H35ClN2O2. The van der Waals surface area contributed by atoms with Crippen molar-refractivity contribution in [2.45, 2.75) is 77.4 Å². The molecule has 0 aliphatic heterocycles. The summed E-state index contributed by atoms with van der Waals surface area (Å²) in [6.45, 7) is 6.73. The summed E-state index contributed by atoms with van der Waals surface area (Å²) < 4.78 is 5.97. The first kappa shape index (κ1) is 23.5. The average Bonchev–Trinajstić information content (AvgIpc) is 2.92. The Hall–Kier alpha value is -1.78. The van der Waals surface area contributed by atoms with Crippen molar-refractivity contribution in [3.63, 3.8) is 0 Å². The second-order valence-electron chi connectivity index (χ2n) is 8.92. The molecule has 160 valence electrons. The van der Waals surface area contributed by atoms with Gasteiger partial charge in [0.05, 0.1) is 0 Å². The standard InChI is InChI=1S/C24H34N2O2.ClH/c1-24(2,3)26-23(27)17-28-22-15-14-18-10-8-9-13-20(18)21(22)16-25-19-11-6-4-5-7-12-19;/h8-10,13-15,19,25H,4-7,11-12,16-17H2,1-3H3,(H,26,27);1H. The number of ether oxygens (including phenoxy) is 1. The number of amides is 1. The van der Waals surface area contributed by atoms with E-state index in [0.717, 1.165) is 17.9 Å². The topological polar surface area (TPSA) is 50.4 Å². The van der Waals surface area contributed by atoms with Gasteiger partial charge in [-0.3, -0.25) is 4.79 Å². The summed E-state index contributed by atoms with van der Waals surface area (Å²) in [6.07, 6.45) is 7.81. The highest BCUT2D eigenvalue weighted by molar-refractivity contribution is 5.88. The molecule has 5 heteroatoms. The third kappa shape index (κ3) is 7.20. The number of hydrogen-bond donors (Lipinski definition) is 2. The molecule has 0 heterocycles. The van der Waals surface area contributed by atoms with Gasteiger partial charge in [-0.05, 0) is 50.5 Å². The molecule has 0 aromatic heterocycles. The van der Waals surface area contributed by atoms with E-state index in [1.54, 1.807) is 0 Å². The van der Waals surface area contributed by atoms with E-state index in [9.17, 15) is 4.79 Å². The van der Waals surface area contributed by atoms with Crippen LogP contribution in [0.3, 0.4) is 0 Å². The van der Waals surface area contributed by atoms with Crippen LogP contribution >= 0.6 is 12.4 Å². The zero-order valence-corrected chi connectivity index (χ0v) is 18.7. The molecule has 4 nitrogen and oxygen atoms in total. The van der Waals surface area contributed by atoms with Gasteiger partial charge in [-0.25, -0.2) is 0 Å². The van der Waals surface area contributed by atoms with Crippen LogP contribution in [0, 0.1) is 0 Å². The molecule has 1 amide bonds. The highest BCUT2D eigenvalue weighted by atomic mass is 35.5. The SMILES string of the molecule is CC(C)(C)NC(=O)COc1ccc2ccccc2c1CNC1CCCCCC1.Cl. The molecule has 1 fully saturated rings. The summed E-state index contributed by atoms with van der Waals surface area (Å²) in [6, 6.07) is 13.0. The fourth-order valence-electron chi connectivity index (χ4n) is 3.96. The fourth-order valence-corrected chi connectivity index (χ4v) is 3.96. The summed E-state index contributed by atoms with van der Waals surface area (Å²) >= 11 is 0. The van der Waals surface area contributed by atoms with Gasteiger partial charge in [0.25, 0.3) is 5.91 Å². The number of nitrogens with one attached hydrogen (secondary N) is 2. The summed E-state index contributed by atoms with van der Waals surface area (Å²) in [5.74, 6) is 0.701. The van der Waals surface area contributed by atoms with Crippen molar-refractivity contribution in [2.24, 2.45) is 0 Å². The maximum absolute atomic E-state index is 12.2. The molecule has 2 N–H and O–H groups in total. The van der Waals surface area contributed by atoms with Crippen LogP contribution in [0.1, 0.15) is 64.9 Å². The zero-order valence-electron chi connectivity index (χ0n) is 17.9. The molecule has 1 aliphatic rings. The van der Waals surface area contributed by atoms with E-state index in [1.807, 2.05) is 26.8 Å². The normalized spacial score (nSPS) is 15.4. The summed E-state index contributed by atoms with van der Waals surface area (Å²) in [4.78, 5) is 12.2. The number of halogens is 1. The maximum atomic E-state index is 12.2. The molecule has 0 unspecified atom stereocenters. The quantitative estimate of drug-likeness (QED) is 0.620. The van der Waals surface area contributed by atoms with Gasteiger partial charge in [0.1, 0.15) is 5.75 Å². The molecule has 0 bridgehead atoms. The van der Waals surface area contributed by atoms with Gasteiger partial charge < -0.3 is 15.4 Å². The Morgan fingerprint density at radius 1 is 1.03 bits per heavy atom. The van der Waals surface area contributed by atoms with Crippen LogP contribution in [-0.2, 0) is 11.3 Å².